The first-order valence-electron chi connectivity index (χ1n) is 17.4. The van der Waals surface area contributed by atoms with Gasteiger partial charge >= 0.3 is 0 Å². The second-order valence-corrected chi connectivity index (χ2v) is 13.1. The molecule has 240 valence electrons. The van der Waals surface area contributed by atoms with Gasteiger partial charge in [0, 0.05) is 21.9 Å². The van der Waals surface area contributed by atoms with Crippen LogP contribution in [0.2, 0.25) is 0 Å². The summed E-state index contributed by atoms with van der Waals surface area (Å²) in [5.74, 6) is 1.99. The lowest BCUT2D eigenvalue weighted by molar-refractivity contribution is 0.669. The van der Waals surface area contributed by atoms with E-state index in [1.165, 1.54) is 27.1 Å². The van der Waals surface area contributed by atoms with Gasteiger partial charge in [-0.15, -0.1) is 0 Å². The van der Waals surface area contributed by atoms with Crippen LogP contribution in [0.5, 0.6) is 0 Å². The van der Waals surface area contributed by atoms with Crippen LogP contribution in [0.25, 0.3) is 94.1 Å². The van der Waals surface area contributed by atoms with Gasteiger partial charge in [-0.3, -0.25) is 0 Å². The normalized spacial score (nSPS) is 13.0. The van der Waals surface area contributed by atoms with E-state index in [1.807, 2.05) is 18.2 Å². The fraction of sp³-hybridized carbons (Fsp3) is 0.0426. The largest absolute Gasteiger partial charge is 0.456 e. The maximum atomic E-state index is 6.46. The van der Waals surface area contributed by atoms with Crippen molar-refractivity contribution in [1.82, 2.24) is 15.0 Å². The van der Waals surface area contributed by atoms with Crippen molar-refractivity contribution >= 4 is 49.1 Å². The van der Waals surface area contributed by atoms with Gasteiger partial charge in [-0.1, -0.05) is 140 Å². The van der Waals surface area contributed by atoms with Gasteiger partial charge in [0.25, 0.3) is 0 Å². The molecular formula is C47H31N3O. The Hall–Kier alpha value is -6.65. The number of fused-ring (bicyclic) bond motifs is 6. The molecule has 0 saturated heterocycles. The molecule has 10 rings (SSSR count). The average Bonchev–Trinajstić information content (AvgIpc) is 3.59. The van der Waals surface area contributed by atoms with E-state index in [0.29, 0.717) is 17.5 Å². The summed E-state index contributed by atoms with van der Waals surface area (Å²) >= 11 is 0. The summed E-state index contributed by atoms with van der Waals surface area (Å²) in [6.45, 7) is 0. The first kappa shape index (κ1) is 29.3. The number of hydrogen-bond acceptors (Lipinski definition) is 4. The molecule has 51 heavy (non-hydrogen) atoms. The zero-order valence-electron chi connectivity index (χ0n) is 27.8. The van der Waals surface area contributed by atoms with Gasteiger partial charge in [0.05, 0.1) is 0 Å². The third-order valence-corrected chi connectivity index (χ3v) is 10.0. The summed E-state index contributed by atoms with van der Waals surface area (Å²) in [7, 11) is 0. The number of benzene rings is 7. The van der Waals surface area contributed by atoms with E-state index in [9.17, 15) is 0 Å². The molecule has 0 radical (unpaired) electrons. The predicted octanol–water partition coefficient (Wildman–Crippen LogP) is 12.5. The molecule has 0 spiro atoms. The summed E-state index contributed by atoms with van der Waals surface area (Å²) in [6.07, 6.45) is 8.25. The lowest BCUT2D eigenvalue weighted by atomic mass is 9.96. The molecule has 0 amide bonds. The van der Waals surface area contributed by atoms with E-state index in [1.54, 1.807) is 0 Å². The van der Waals surface area contributed by atoms with Crippen molar-refractivity contribution in [2.24, 2.45) is 0 Å². The Bertz CT molecular complexity index is 2850. The minimum Gasteiger partial charge on any atom is -0.456 e. The maximum Gasteiger partial charge on any atom is 0.164 e. The van der Waals surface area contributed by atoms with Crippen molar-refractivity contribution in [3.63, 3.8) is 0 Å². The smallest absolute Gasteiger partial charge is 0.164 e. The number of furan rings is 1. The maximum absolute atomic E-state index is 6.46. The molecule has 0 aliphatic heterocycles. The van der Waals surface area contributed by atoms with Gasteiger partial charge in [-0.25, -0.2) is 15.0 Å². The van der Waals surface area contributed by atoms with Crippen LogP contribution >= 0.6 is 0 Å². The fourth-order valence-corrected chi connectivity index (χ4v) is 7.37. The van der Waals surface area contributed by atoms with Crippen molar-refractivity contribution in [2.75, 3.05) is 0 Å². The summed E-state index contributed by atoms with van der Waals surface area (Å²) in [5, 5.41) is 7.01. The van der Waals surface area contributed by atoms with Gasteiger partial charge < -0.3 is 4.42 Å². The van der Waals surface area contributed by atoms with Crippen molar-refractivity contribution in [3.05, 3.63) is 170 Å². The van der Waals surface area contributed by atoms with E-state index in [2.05, 4.69) is 146 Å². The third kappa shape index (κ3) is 5.20. The first-order valence-corrected chi connectivity index (χ1v) is 17.4. The standard InChI is InChI=1S/C47H31N3O/c1-3-10-30(11-4-1)31-18-23-35(24-19-31)46-48-45(34-13-5-2-6-14-34)49-47(50-46)39-16-9-17-43-44(39)41-29-37(26-27-42(41)51-43)36-25-22-33-21-20-32-12-7-8-15-38(32)40(33)28-36/h1-5,7-13,15-29H,6,14H2. The minimum absolute atomic E-state index is 0.633. The second-order valence-electron chi connectivity index (χ2n) is 13.1. The van der Waals surface area contributed by atoms with E-state index in [0.717, 1.165) is 68.2 Å². The first-order chi connectivity index (χ1) is 25.2. The van der Waals surface area contributed by atoms with Crippen LogP contribution in [0.15, 0.2) is 168 Å². The van der Waals surface area contributed by atoms with Crippen LogP contribution in [0.4, 0.5) is 0 Å². The van der Waals surface area contributed by atoms with E-state index in [4.69, 9.17) is 19.4 Å². The molecule has 1 aliphatic rings. The van der Waals surface area contributed by atoms with Crippen molar-refractivity contribution < 1.29 is 4.42 Å². The quantitative estimate of drug-likeness (QED) is 0.173. The van der Waals surface area contributed by atoms with Gasteiger partial charge in [-0.2, -0.15) is 0 Å². The molecule has 2 heterocycles. The topological polar surface area (TPSA) is 51.8 Å². The molecule has 0 fully saturated rings. The molecule has 0 atom stereocenters. The predicted molar refractivity (Wildman–Crippen MR) is 210 cm³/mol. The zero-order valence-corrected chi connectivity index (χ0v) is 27.8. The molecule has 4 heteroatoms. The van der Waals surface area contributed by atoms with Gasteiger partial charge in [-0.05, 0) is 86.5 Å². The Morgan fingerprint density at radius 3 is 1.96 bits per heavy atom. The van der Waals surface area contributed by atoms with Crippen molar-refractivity contribution in [2.45, 2.75) is 12.8 Å². The van der Waals surface area contributed by atoms with E-state index in [-0.39, 0.29) is 0 Å². The fourth-order valence-electron chi connectivity index (χ4n) is 7.37. The molecule has 7 aromatic carbocycles. The summed E-state index contributed by atoms with van der Waals surface area (Å²) in [6, 6.07) is 51.2. The monoisotopic (exact) mass is 653 g/mol. The summed E-state index contributed by atoms with van der Waals surface area (Å²) < 4.78 is 6.46. The van der Waals surface area contributed by atoms with E-state index >= 15 is 0 Å². The van der Waals surface area contributed by atoms with Crippen LogP contribution < -0.4 is 0 Å². The van der Waals surface area contributed by atoms with Crippen LogP contribution in [-0.4, -0.2) is 15.0 Å². The van der Waals surface area contributed by atoms with Crippen molar-refractivity contribution in [1.29, 1.82) is 0 Å². The van der Waals surface area contributed by atoms with Gasteiger partial charge in [0.15, 0.2) is 17.5 Å². The number of rotatable bonds is 5. The Kier molecular flexibility index (Phi) is 6.91. The second kappa shape index (κ2) is 12.0. The molecule has 9 aromatic rings. The number of nitrogens with zero attached hydrogens (tertiary/aromatic N) is 3. The molecule has 0 N–H and O–H groups in total. The number of hydrogen-bond donors (Lipinski definition) is 0. The molecule has 2 aromatic heterocycles. The van der Waals surface area contributed by atoms with Crippen LogP contribution in [0.3, 0.4) is 0 Å². The molecule has 1 aliphatic carbocycles. The average molecular weight is 654 g/mol. The Morgan fingerprint density at radius 1 is 0.451 bits per heavy atom. The van der Waals surface area contributed by atoms with Crippen molar-refractivity contribution in [3.8, 4) is 45.0 Å². The molecule has 0 saturated carbocycles. The Morgan fingerprint density at radius 2 is 1.12 bits per heavy atom. The molecular weight excluding hydrogens is 623 g/mol. The van der Waals surface area contributed by atoms with E-state index < -0.39 is 0 Å². The highest BCUT2D eigenvalue weighted by molar-refractivity contribution is 6.13. The number of aromatic nitrogens is 3. The molecule has 4 nitrogen and oxygen atoms in total. The highest BCUT2D eigenvalue weighted by Gasteiger charge is 2.19. The van der Waals surface area contributed by atoms with Crippen LogP contribution in [0.1, 0.15) is 18.7 Å². The molecule has 0 bridgehead atoms. The van der Waals surface area contributed by atoms with Gasteiger partial charge in [0.2, 0.25) is 0 Å². The minimum atomic E-state index is 0.633. The lowest BCUT2D eigenvalue weighted by Crippen LogP contribution is -2.04. The Balaban J connectivity index is 1.13. The summed E-state index contributed by atoms with van der Waals surface area (Å²) in [4.78, 5) is 15.3. The lowest BCUT2D eigenvalue weighted by Gasteiger charge is -2.12. The highest BCUT2D eigenvalue weighted by Crippen LogP contribution is 2.39. The zero-order chi connectivity index (χ0) is 33.7. The summed E-state index contributed by atoms with van der Waals surface area (Å²) in [5.41, 5.74) is 9.23. The third-order valence-electron chi connectivity index (χ3n) is 10.0. The highest BCUT2D eigenvalue weighted by atomic mass is 16.3. The molecule has 0 unspecified atom stereocenters. The number of allylic oxidation sites excluding steroid dienone is 4. The SMILES string of the molecule is C1=CCCC(c2nc(-c3ccc(-c4ccccc4)cc3)nc(-c3cccc4oc5ccc(-c6ccc7ccc8ccccc8c7c6)cc5c34)n2)=C1. The van der Waals surface area contributed by atoms with Crippen LogP contribution in [-0.2, 0) is 0 Å². The van der Waals surface area contributed by atoms with Gasteiger partial charge in [0.1, 0.15) is 11.2 Å². The Labute approximate surface area is 295 Å². The van der Waals surface area contributed by atoms with Crippen LogP contribution in [0, 0.1) is 0 Å².